The molecule has 100 valence electrons. The first-order valence-corrected chi connectivity index (χ1v) is 7.01. The van der Waals surface area contributed by atoms with Gasteiger partial charge in [-0.15, -0.1) is 11.3 Å². The Bertz CT molecular complexity index is 592. The topological polar surface area (TPSA) is 68.0 Å². The van der Waals surface area contributed by atoms with E-state index in [0.717, 1.165) is 21.8 Å². The number of aromatic nitrogens is 1. The fourth-order valence-electron chi connectivity index (χ4n) is 1.71. The van der Waals surface area contributed by atoms with Gasteiger partial charge in [-0.1, -0.05) is 12.1 Å². The van der Waals surface area contributed by atoms with E-state index in [4.69, 9.17) is 5.73 Å². The van der Waals surface area contributed by atoms with E-state index in [0.29, 0.717) is 18.7 Å². The van der Waals surface area contributed by atoms with Gasteiger partial charge in [-0.3, -0.25) is 4.79 Å². The quantitative estimate of drug-likeness (QED) is 0.901. The molecule has 0 aliphatic rings. The molecule has 1 heterocycles. The van der Waals surface area contributed by atoms with Gasteiger partial charge in [0.25, 0.3) is 5.91 Å². The van der Waals surface area contributed by atoms with Crippen molar-refractivity contribution >= 4 is 22.9 Å². The van der Waals surface area contributed by atoms with Gasteiger partial charge >= 0.3 is 0 Å². The Hall–Kier alpha value is -1.72. The highest BCUT2D eigenvalue weighted by Crippen LogP contribution is 2.18. The van der Waals surface area contributed by atoms with Crippen LogP contribution < -0.4 is 11.1 Å². The summed E-state index contributed by atoms with van der Waals surface area (Å²) in [4.78, 5) is 16.4. The molecule has 3 N–H and O–H groups in total. The Morgan fingerprint density at radius 3 is 2.95 bits per heavy atom. The normalized spacial score (nSPS) is 10.5. The SMILES string of the molecule is Cc1ccc(C)c(NC(=O)c2csc(CCN)n2)c1. The second kappa shape index (κ2) is 5.95. The summed E-state index contributed by atoms with van der Waals surface area (Å²) in [6, 6.07) is 5.97. The maximum Gasteiger partial charge on any atom is 0.275 e. The van der Waals surface area contributed by atoms with Crippen LogP contribution in [0.2, 0.25) is 0 Å². The molecule has 19 heavy (non-hydrogen) atoms. The summed E-state index contributed by atoms with van der Waals surface area (Å²) in [5.74, 6) is -0.173. The number of amides is 1. The highest BCUT2D eigenvalue weighted by molar-refractivity contribution is 7.09. The first-order valence-electron chi connectivity index (χ1n) is 6.13. The zero-order valence-corrected chi connectivity index (χ0v) is 11.9. The summed E-state index contributed by atoms with van der Waals surface area (Å²) in [6.07, 6.45) is 0.710. The van der Waals surface area contributed by atoms with Gasteiger partial charge in [-0.05, 0) is 37.6 Å². The molecule has 2 rings (SSSR count). The van der Waals surface area contributed by atoms with Crippen molar-refractivity contribution in [3.8, 4) is 0 Å². The number of hydrogen-bond donors (Lipinski definition) is 2. The van der Waals surface area contributed by atoms with Crippen molar-refractivity contribution < 1.29 is 4.79 Å². The van der Waals surface area contributed by atoms with Gasteiger partial charge in [0, 0.05) is 17.5 Å². The molecule has 0 spiro atoms. The summed E-state index contributed by atoms with van der Waals surface area (Å²) < 4.78 is 0. The minimum atomic E-state index is -0.173. The van der Waals surface area contributed by atoms with E-state index in [1.165, 1.54) is 11.3 Å². The average molecular weight is 275 g/mol. The van der Waals surface area contributed by atoms with Crippen LogP contribution in [0.25, 0.3) is 0 Å². The van der Waals surface area contributed by atoms with Gasteiger partial charge in [0.2, 0.25) is 0 Å². The van der Waals surface area contributed by atoms with Crippen molar-refractivity contribution in [1.82, 2.24) is 4.98 Å². The third kappa shape index (κ3) is 3.39. The van der Waals surface area contributed by atoms with Gasteiger partial charge in [0.15, 0.2) is 0 Å². The van der Waals surface area contributed by atoms with E-state index in [9.17, 15) is 4.79 Å². The first-order chi connectivity index (χ1) is 9.10. The standard InChI is InChI=1S/C14H17N3OS/c1-9-3-4-10(2)11(7-9)17-14(18)12-8-19-13(16-12)5-6-15/h3-4,7-8H,5-6,15H2,1-2H3,(H,17,18). The van der Waals surface area contributed by atoms with Crippen molar-refractivity contribution in [2.24, 2.45) is 5.73 Å². The minimum Gasteiger partial charge on any atom is -0.330 e. The lowest BCUT2D eigenvalue weighted by molar-refractivity contribution is 0.102. The Balaban J connectivity index is 2.13. The molecule has 0 bridgehead atoms. The van der Waals surface area contributed by atoms with Crippen LogP contribution in [0.4, 0.5) is 5.69 Å². The Labute approximate surface area is 116 Å². The smallest absolute Gasteiger partial charge is 0.275 e. The maximum atomic E-state index is 12.1. The van der Waals surface area contributed by atoms with Gasteiger partial charge in [-0.2, -0.15) is 0 Å². The first kappa shape index (κ1) is 13.7. The number of nitrogens with two attached hydrogens (primary N) is 1. The number of rotatable bonds is 4. The van der Waals surface area contributed by atoms with Crippen LogP contribution in [-0.2, 0) is 6.42 Å². The molecule has 0 saturated carbocycles. The number of benzene rings is 1. The molecule has 5 heteroatoms. The molecule has 0 radical (unpaired) electrons. The lowest BCUT2D eigenvalue weighted by atomic mass is 10.1. The van der Waals surface area contributed by atoms with Crippen LogP contribution in [0, 0.1) is 13.8 Å². The van der Waals surface area contributed by atoms with E-state index in [2.05, 4.69) is 10.3 Å². The molecule has 0 aliphatic carbocycles. The molecular weight excluding hydrogens is 258 g/mol. The van der Waals surface area contributed by atoms with E-state index in [1.54, 1.807) is 5.38 Å². The van der Waals surface area contributed by atoms with Crippen LogP contribution in [-0.4, -0.2) is 17.4 Å². The second-order valence-electron chi connectivity index (χ2n) is 4.44. The molecule has 0 unspecified atom stereocenters. The van der Waals surface area contributed by atoms with Crippen molar-refractivity contribution in [3.05, 3.63) is 45.4 Å². The highest BCUT2D eigenvalue weighted by atomic mass is 32.1. The molecule has 4 nitrogen and oxygen atoms in total. The van der Waals surface area contributed by atoms with Crippen molar-refractivity contribution in [2.75, 3.05) is 11.9 Å². The van der Waals surface area contributed by atoms with E-state index >= 15 is 0 Å². The molecule has 1 aromatic heterocycles. The predicted octanol–water partition coefficient (Wildman–Crippen LogP) is 2.51. The third-order valence-corrected chi connectivity index (χ3v) is 3.69. The maximum absolute atomic E-state index is 12.1. The fourth-order valence-corrected chi connectivity index (χ4v) is 2.50. The van der Waals surface area contributed by atoms with Crippen LogP contribution in [0.5, 0.6) is 0 Å². The average Bonchev–Trinajstić information content (AvgIpc) is 2.83. The van der Waals surface area contributed by atoms with Gasteiger partial charge in [0.1, 0.15) is 5.69 Å². The van der Waals surface area contributed by atoms with Crippen molar-refractivity contribution in [2.45, 2.75) is 20.3 Å². The summed E-state index contributed by atoms with van der Waals surface area (Å²) >= 11 is 1.47. The Morgan fingerprint density at radius 2 is 2.21 bits per heavy atom. The number of carbonyl (C=O) groups is 1. The highest BCUT2D eigenvalue weighted by Gasteiger charge is 2.11. The van der Waals surface area contributed by atoms with Crippen LogP contribution in [0.1, 0.15) is 26.6 Å². The molecule has 0 atom stereocenters. The molecule has 1 amide bonds. The molecular formula is C14H17N3OS. The molecule has 0 saturated heterocycles. The third-order valence-electron chi connectivity index (χ3n) is 2.78. The van der Waals surface area contributed by atoms with Gasteiger partial charge in [-0.25, -0.2) is 4.98 Å². The van der Waals surface area contributed by atoms with Crippen LogP contribution in [0.15, 0.2) is 23.6 Å². The summed E-state index contributed by atoms with van der Waals surface area (Å²) in [7, 11) is 0. The summed E-state index contributed by atoms with van der Waals surface area (Å²) in [5.41, 5.74) is 8.91. The minimum absolute atomic E-state index is 0.173. The monoisotopic (exact) mass is 275 g/mol. The molecule has 1 aromatic carbocycles. The lowest BCUT2D eigenvalue weighted by Crippen LogP contribution is -2.13. The molecule has 0 aliphatic heterocycles. The fraction of sp³-hybridized carbons (Fsp3) is 0.286. The second-order valence-corrected chi connectivity index (χ2v) is 5.38. The Morgan fingerprint density at radius 1 is 1.42 bits per heavy atom. The summed E-state index contributed by atoms with van der Waals surface area (Å²) in [5, 5.41) is 5.56. The molecule has 0 fully saturated rings. The van der Waals surface area contributed by atoms with E-state index in [1.807, 2.05) is 32.0 Å². The lowest BCUT2D eigenvalue weighted by Gasteiger charge is -2.07. The van der Waals surface area contributed by atoms with E-state index in [-0.39, 0.29) is 5.91 Å². The van der Waals surface area contributed by atoms with Gasteiger partial charge < -0.3 is 11.1 Å². The van der Waals surface area contributed by atoms with Crippen molar-refractivity contribution in [3.63, 3.8) is 0 Å². The summed E-state index contributed by atoms with van der Waals surface area (Å²) in [6.45, 7) is 4.51. The number of aryl methyl sites for hydroxylation is 2. The number of hydrogen-bond acceptors (Lipinski definition) is 4. The van der Waals surface area contributed by atoms with Gasteiger partial charge in [0.05, 0.1) is 5.01 Å². The number of anilines is 1. The van der Waals surface area contributed by atoms with Crippen molar-refractivity contribution in [1.29, 1.82) is 0 Å². The van der Waals surface area contributed by atoms with Crippen LogP contribution >= 0.6 is 11.3 Å². The number of nitrogens with zero attached hydrogens (tertiary/aromatic N) is 1. The predicted molar refractivity (Wildman–Crippen MR) is 78.7 cm³/mol. The van der Waals surface area contributed by atoms with E-state index < -0.39 is 0 Å². The number of thiazole rings is 1. The Kier molecular flexibility index (Phi) is 4.29. The largest absolute Gasteiger partial charge is 0.330 e. The number of nitrogens with one attached hydrogen (secondary N) is 1. The number of carbonyl (C=O) groups excluding carboxylic acids is 1. The zero-order valence-electron chi connectivity index (χ0n) is 11.1. The zero-order chi connectivity index (χ0) is 13.8. The molecule has 2 aromatic rings. The van der Waals surface area contributed by atoms with Crippen LogP contribution in [0.3, 0.4) is 0 Å².